The summed E-state index contributed by atoms with van der Waals surface area (Å²) in [7, 11) is 0. The quantitative estimate of drug-likeness (QED) is 0.828. The monoisotopic (exact) mass is 384 g/mol. The second kappa shape index (κ2) is 6.20. The highest BCUT2D eigenvalue weighted by molar-refractivity contribution is 6.00. The fraction of sp³-hybridized carbons (Fsp3) is 0.550. The van der Waals surface area contributed by atoms with Crippen molar-refractivity contribution in [3.05, 3.63) is 29.3 Å². The van der Waals surface area contributed by atoms with E-state index >= 15 is 0 Å². The highest BCUT2D eigenvalue weighted by Crippen LogP contribution is 2.45. The van der Waals surface area contributed by atoms with Gasteiger partial charge >= 0.3 is 6.03 Å². The summed E-state index contributed by atoms with van der Waals surface area (Å²) in [5, 5.41) is 2.80. The lowest BCUT2D eigenvalue weighted by molar-refractivity contribution is -0.179. The van der Waals surface area contributed by atoms with Gasteiger partial charge in [0, 0.05) is 43.9 Å². The van der Waals surface area contributed by atoms with Crippen LogP contribution in [0.4, 0.5) is 10.5 Å². The normalized spacial score (nSPS) is 29.2. The Kier molecular flexibility index (Phi) is 3.87. The van der Waals surface area contributed by atoms with Gasteiger partial charge in [-0.2, -0.15) is 0 Å². The fourth-order valence-electron chi connectivity index (χ4n) is 5.09. The molecule has 0 bridgehead atoms. The second-order valence-corrected chi connectivity index (χ2v) is 7.95. The van der Waals surface area contributed by atoms with Crippen LogP contribution < -0.4 is 10.2 Å². The zero-order valence-electron chi connectivity index (χ0n) is 15.9. The van der Waals surface area contributed by atoms with Crippen molar-refractivity contribution in [3.63, 3.8) is 0 Å². The van der Waals surface area contributed by atoms with E-state index in [1.54, 1.807) is 21.9 Å². The maximum absolute atomic E-state index is 13.3. The van der Waals surface area contributed by atoms with Crippen LogP contribution in [0.3, 0.4) is 0 Å². The average Bonchev–Trinajstić information content (AvgIpc) is 3.34. The van der Waals surface area contributed by atoms with E-state index in [2.05, 4.69) is 5.32 Å². The first-order chi connectivity index (χ1) is 13.5. The first-order valence-electron chi connectivity index (χ1n) is 9.93. The lowest BCUT2D eigenvalue weighted by atomic mass is 10.0. The molecule has 8 heteroatoms. The molecule has 0 aliphatic carbocycles. The summed E-state index contributed by atoms with van der Waals surface area (Å²) in [6.45, 7) is 5.02. The van der Waals surface area contributed by atoms with Crippen LogP contribution in [0.25, 0.3) is 0 Å². The first kappa shape index (κ1) is 17.5. The van der Waals surface area contributed by atoms with Gasteiger partial charge in [-0.1, -0.05) is 6.07 Å². The van der Waals surface area contributed by atoms with Gasteiger partial charge in [0.25, 0.3) is 5.91 Å². The summed E-state index contributed by atoms with van der Waals surface area (Å²) in [4.78, 5) is 43.2. The van der Waals surface area contributed by atoms with Crippen LogP contribution in [0.15, 0.2) is 18.2 Å². The van der Waals surface area contributed by atoms with Gasteiger partial charge in [-0.3, -0.25) is 14.5 Å². The summed E-state index contributed by atoms with van der Waals surface area (Å²) in [6.07, 6.45) is 1.81. The van der Waals surface area contributed by atoms with Crippen LogP contribution >= 0.6 is 0 Å². The number of hydrogen-bond donors (Lipinski definition) is 1. The Labute approximate surface area is 163 Å². The number of likely N-dealkylation sites (tertiary alicyclic amines) is 1. The zero-order chi connectivity index (χ0) is 19.5. The molecule has 5 rings (SSSR count). The molecule has 0 radical (unpaired) electrons. The van der Waals surface area contributed by atoms with E-state index < -0.39 is 5.72 Å². The third kappa shape index (κ3) is 2.37. The number of nitrogens with one attached hydrogen (secondary N) is 1. The molecule has 1 aromatic carbocycles. The minimum atomic E-state index is -0.645. The molecule has 0 aromatic heterocycles. The molecule has 2 atom stereocenters. The lowest BCUT2D eigenvalue weighted by Crippen LogP contribution is -2.56. The van der Waals surface area contributed by atoms with Crippen molar-refractivity contribution >= 4 is 23.5 Å². The van der Waals surface area contributed by atoms with Crippen LogP contribution in [0.5, 0.6) is 0 Å². The van der Waals surface area contributed by atoms with E-state index in [9.17, 15) is 14.4 Å². The highest BCUT2D eigenvalue weighted by Gasteiger charge is 2.61. The summed E-state index contributed by atoms with van der Waals surface area (Å²) in [5.41, 5.74) is 1.60. The molecule has 0 unspecified atom stereocenters. The number of rotatable bonds is 2. The fourth-order valence-corrected chi connectivity index (χ4v) is 5.09. The van der Waals surface area contributed by atoms with Crippen molar-refractivity contribution in [2.45, 2.75) is 38.0 Å². The Balaban J connectivity index is 1.44. The highest BCUT2D eigenvalue weighted by atomic mass is 16.5. The van der Waals surface area contributed by atoms with Crippen molar-refractivity contribution in [2.75, 3.05) is 37.7 Å². The maximum atomic E-state index is 13.3. The van der Waals surface area contributed by atoms with E-state index in [4.69, 9.17) is 4.74 Å². The molecular weight excluding hydrogens is 360 g/mol. The van der Waals surface area contributed by atoms with E-state index in [0.717, 1.165) is 17.7 Å². The van der Waals surface area contributed by atoms with E-state index in [-0.39, 0.29) is 23.9 Å². The van der Waals surface area contributed by atoms with Crippen LogP contribution in [0.2, 0.25) is 0 Å². The number of benzene rings is 1. The molecule has 4 aliphatic rings. The van der Waals surface area contributed by atoms with E-state index in [1.807, 2.05) is 17.9 Å². The van der Waals surface area contributed by atoms with Gasteiger partial charge in [-0.15, -0.1) is 0 Å². The number of anilines is 1. The van der Waals surface area contributed by atoms with Gasteiger partial charge in [-0.05, 0) is 31.0 Å². The van der Waals surface area contributed by atoms with E-state index in [0.29, 0.717) is 51.2 Å². The average molecular weight is 384 g/mol. The first-order valence-corrected chi connectivity index (χ1v) is 9.93. The predicted octanol–water partition coefficient (Wildman–Crippen LogP) is 1.09. The van der Waals surface area contributed by atoms with Crippen molar-refractivity contribution < 1.29 is 19.1 Å². The zero-order valence-corrected chi connectivity index (χ0v) is 15.9. The number of nitrogens with zero attached hydrogens (tertiary/aromatic N) is 3. The molecular formula is C20H24N4O4. The Bertz CT molecular complexity index is 872. The molecule has 4 aliphatic heterocycles. The maximum Gasteiger partial charge on any atom is 0.322 e. The van der Waals surface area contributed by atoms with Crippen molar-refractivity contribution in [3.8, 4) is 0 Å². The van der Waals surface area contributed by atoms with Crippen molar-refractivity contribution in [1.82, 2.24) is 15.1 Å². The van der Waals surface area contributed by atoms with Crippen LogP contribution in [-0.4, -0.2) is 72.2 Å². The molecule has 4 amide bonds. The molecule has 28 heavy (non-hydrogen) atoms. The molecule has 8 nitrogen and oxygen atoms in total. The number of amides is 4. The number of ether oxygens (including phenoxy) is 1. The van der Waals surface area contributed by atoms with Crippen molar-refractivity contribution in [1.29, 1.82) is 0 Å². The van der Waals surface area contributed by atoms with Crippen LogP contribution in [0, 0.1) is 6.92 Å². The Morgan fingerprint density at radius 1 is 1.25 bits per heavy atom. The minimum Gasteiger partial charge on any atom is -0.353 e. The summed E-state index contributed by atoms with van der Waals surface area (Å²) in [6, 6.07) is 5.09. The predicted molar refractivity (Wildman–Crippen MR) is 101 cm³/mol. The Hall–Kier alpha value is -2.61. The molecule has 1 spiro atoms. The molecule has 4 saturated heterocycles. The smallest absolute Gasteiger partial charge is 0.322 e. The van der Waals surface area contributed by atoms with Gasteiger partial charge in [0.05, 0.1) is 19.1 Å². The van der Waals surface area contributed by atoms with Gasteiger partial charge in [-0.25, -0.2) is 4.79 Å². The van der Waals surface area contributed by atoms with Gasteiger partial charge in [0.2, 0.25) is 5.91 Å². The summed E-state index contributed by atoms with van der Waals surface area (Å²) in [5.74, 6) is -0.0351. The molecule has 0 saturated carbocycles. The molecule has 1 N–H and O–H groups in total. The van der Waals surface area contributed by atoms with Gasteiger partial charge < -0.3 is 19.9 Å². The topological polar surface area (TPSA) is 82.2 Å². The lowest BCUT2D eigenvalue weighted by Gasteiger charge is -2.42. The SMILES string of the molecule is Cc1ccc(C(=O)N2CC[C@@]34OCCCN3C(=O)C[C@@H]24)cc1N1CCNC1=O. The second-order valence-electron chi connectivity index (χ2n) is 7.95. The Morgan fingerprint density at radius 3 is 2.89 bits per heavy atom. The number of hydrogen-bond acceptors (Lipinski definition) is 4. The third-order valence-electron chi connectivity index (χ3n) is 6.48. The standard InChI is InChI=1S/C20H24N4O4/c1-13-3-4-14(11-15(13)22-9-6-21-19(22)27)18(26)23-8-5-20-16(23)12-17(25)24(20)7-2-10-28-20/h3-4,11,16H,2,5-10,12H2,1H3,(H,21,27)/t16-,20+/m1/s1. The van der Waals surface area contributed by atoms with E-state index in [1.165, 1.54) is 0 Å². The van der Waals surface area contributed by atoms with Gasteiger partial charge in [0.1, 0.15) is 0 Å². The Morgan fingerprint density at radius 2 is 2.11 bits per heavy atom. The molecule has 4 fully saturated rings. The van der Waals surface area contributed by atoms with Crippen LogP contribution in [-0.2, 0) is 9.53 Å². The number of carbonyl (C=O) groups excluding carboxylic acids is 3. The molecule has 1 aromatic rings. The summed E-state index contributed by atoms with van der Waals surface area (Å²) < 4.78 is 6.09. The minimum absolute atomic E-state index is 0.0699. The number of carbonyl (C=O) groups is 3. The van der Waals surface area contributed by atoms with Gasteiger partial charge in [0.15, 0.2) is 5.72 Å². The van der Waals surface area contributed by atoms with Crippen molar-refractivity contribution in [2.24, 2.45) is 0 Å². The third-order valence-corrected chi connectivity index (χ3v) is 6.48. The summed E-state index contributed by atoms with van der Waals surface area (Å²) >= 11 is 0. The number of urea groups is 1. The molecule has 4 heterocycles. The molecule has 148 valence electrons. The number of aryl methyl sites for hydroxylation is 1. The van der Waals surface area contributed by atoms with Crippen LogP contribution in [0.1, 0.15) is 35.2 Å². The largest absolute Gasteiger partial charge is 0.353 e.